The van der Waals surface area contributed by atoms with E-state index in [1.54, 1.807) is 12.1 Å². The van der Waals surface area contributed by atoms with Crippen LogP contribution in [-0.2, 0) is 0 Å². The third kappa shape index (κ3) is 1.48. The van der Waals surface area contributed by atoms with Crippen LogP contribution in [0.5, 0.6) is 0 Å². The molecular weight excluding hydrogens is 200 g/mol. The van der Waals surface area contributed by atoms with Crippen molar-refractivity contribution in [2.75, 3.05) is 0 Å². The predicted molar refractivity (Wildman–Crippen MR) is 51.7 cm³/mol. The third-order valence-corrected chi connectivity index (χ3v) is 2.05. The normalized spacial score (nSPS) is 9.71. The van der Waals surface area contributed by atoms with E-state index in [-0.39, 0.29) is 5.76 Å². The van der Waals surface area contributed by atoms with Crippen LogP contribution in [0.3, 0.4) is 0 Å². The van der Waals surface area contributed by atoms with Gasteiger partial charge in [-0.1, -0.05) is 23.7 Å². The Bertz CT molecular complexity index is 499. The van der Waals surface area contributed by atoms with Gasteiger partial charge in [-0.25, -0.2) is 4.98 Å². The summed E-state index contributed by atoms with van der Waals surface area (Å²) in [6.07, 6.45) is 1.37. The molecule has 0 amide bonds. The smallest absolute Gasteiger partial charge is 0.229 e. The summed E-state index contributed by atoms with van der Waals surface area (Å²) in [5.41, 5.74) is 0.690. The summed E-state index contributed by atoms with van der Waals surface area (Å²) in [5, 5.41) is 9.10. The molecule has 1 aromatic heterocycles. The number of rotatable bonds is 1. The standard InChI is InChI=1S/C10H5ClN2O/c11-9-4-2-1-3-8(9)10-13-6-7(5-12)14-10/h1-4,6H. The Morgan fingerprint density at radius 2 is 2.14 bits per heavy atom. The predicted octanol–water partition coefficient (Wildman–Crippen LogP) is 2.87. The van der Waals surface area contributed by atoms with Gasteiger partial charge >= 0.3 is 0 Å². The monoisotopic (exact) mass is 204 g/mol. The molecule has 4 heteroatoms. The van der Waals surface area contributed by atoms with Crippen LogP contribution in [0.2, 0.25) is 5.02 Å². The van der Waals surface area contributed by atoms with Crippen LogP contribution in [0, 0.1) is 11.3 Å². The van der Waals surface area contributed by atoms with Gasteiger partial charge in [-0.3, -0.25) is 0 Å². The molecule has 2 rings (SSSR count). The fourth-order valence-corrected chi connectivity index (χ4v) is 1.30. The van der Waals surface area contributed by atoms with Crippen LogP contribution in [0.15, 0.2) is 34.9 Å². The average molecular weight is 205 g/mol. The largest absolute Gasteiger partial charge is 0.426 e. The van der Waals surface area contributed by atoms with Crippen LogP contribution in [-0.4, -0.2) is 4.98 Å². The van der Waals surface area contributed by atoms with Gasteiger partial charge in [-0.2, -0.15) is 5.26 Å². The molecule has 0 saturated carbocycles. The number of oxazole rings is 1. The Balaban J connectivity index is 2.51. The van der Waals surface area contributed by atoms with Crippen molar-refractivity contribution in [3.63, 3.8) is 0 Å². The van der Waals surface area contributed by atoms with Crippen molar-refractivity contribution >= 4 is 11.6 Å². The number of benzene rings is 1. The summed E-state index contributed by atoms with van der Waals surface area (Å²) >= 11 is 5.93. The molecule has 0 atom stereocenters. The maximum Gasteiger partial charge on any atom is 0.229 e. The van der Waals surface area contributed by atoms with Crippen molar-refractivity contribution in [3.05, 3.63) is 41.2 Å². The van der Waals surface area contributed by atoms with E-state index in [2.05, 4.69) is 4.98 Å². The summed E-state index contributed by atoms with van der Waals surface area (Å²) in [6.45, 7) is 0. The van der Waals surface area contributed by atoms with Crippen molar-refractivity contribution in [3.8, 4) is 17.5 Å². The topological polar surface area (TPSA) is 49.8 Å². The van der Waals surface area contributed by atoms with E-state index < -0.39 is 0 Å². The molecule has 1 aromatic carbocycles. The van der Waals surface area contributed by atoms with E-state index in [4.69, 9.17) is 21.3 Å². The van der Waals surface area contributed by atoms with E-state index in [0.29, 0.717) is 16.5 Å². The third-order valence-electron chi connectivity index (χ3n) is 1.72. The second-order valence-electron chi connectivity index (χ2n) is 2.62. The minimum atomic E-state index is 0.180. The lowest BCUT2D eigenvalue weighted by molar-refractivity contribution is 0.560. The quantitative estimate of drug-likeness (QED) is 0.718. The van der Waals surface area contributed by atoms with E-state index in [1.807, 2.05) is 18.2 Å². The fraction of sp³-hybridized carbons (Fsp3) is 0. The lowest BCUT2D eigenvalue weighted by Gasteiger charge is -1.96. The molecule has 0 aliphatic rings. The molecule has 0 aliphatic heterocycles. The van der Waals surface area contributed by atoms with E-state index in [9.17, 15) is 0 Å². The second kappa shape index (κ2) is 3.52. The van der Waals surface area contributed by atoms with Gasteiger partial charge in [0.2, 0.25) is 11.7 Å². The average Bonchev–Trinajstić information content (AvgIpc) is 2.67. The first kappa shape index (κ1) is 8.79. The molecule has 0 fully saturated rings. The number of hydrogen-bond acceptors (Lipinski definition) is 3. The van der Waals surface area contributed by atoms with Crippen molar-refractivity contribution in [2.24, 2.45) is 0 Å². The first-order valence-corrected chi connectivity index (χ1v) is 4.30. The molecule has 0 unspecified atom stereocenters. The Kier molecular flexibility index (Phi) is 2.21. The van der Waals surface area contributed by atoms with Crippen molar-refractivity contribution in [2.45, 2.75) is 0 Å². The molecule has 0 N–H and O–H groups in total. The Morgan fingerprint density at radius 1 is 1.36 bits per heavy atom. The SMILES string of the molecule is N#Cc1cnc(-c2ccccc2Cl)o1. The maximum absolute atomic E-state index is 8.55. The van der Waals surface area contributed by atoms with Crippen LogP contribution in [0.25, 0.3) is 11.5 Å². The van der Waals surface area contributed by atoms with E-state index in [1.165, 1.54) is 6.20 Å². The summed E-state index contributed by atoms with van der Waals surface area (Å²) in [4.78, 5) is 3.94. The van der Waals surface area contributed by atoms with Gasteiger partial charge in [0.05, 0.1) is 16.8 Å². The molecule has 0 aliphatic carbocycles. The molecule has 0 radical (unpaired) electrons. The molecule has 3 nitrogen and oxygen atoms in total. The number of halogens is 1. The van der Waals surface area contributed by atoms with Gasteiger partial charge in [0, 0.05) is 0 Å². The minimum Gasteiger partial charge on any atom is -0.426 e. The Labute approximate surface area is 85.6 Å². The highest BCUT2D eigenvalue weighted by Crippen LogP contribution is 2.26. The zero-order valence-corrected chi connectivity index (χ0v) is 7.82. The number of nitrogens with zero attached hydrogens (tertiary/aromatic N) is 2. The molecule has 1 heterocycles. The zero-order chi connectivity index (χ0) is 9.97. The maximum atomic E-state index is 8.55. The summed E-state index contributed by atoms with van der Waals surface area (Å²) in [6, 6.07) is 9.04. The van der Waals surface area contributed by atoms with Gasteiger partial charge in [0.1, 0.15) is 6.07 Å². The van der Waals surface area contributed by atoms with E-state index >= 15 is 0 Å². The number of aromatic nitrogens is 1. The fourth-order valence-electron chi connectivity index (χ4n) is 1.08. The van der Waals surface area contributed by atoms with Crippen molar-refractivity contribution in [1.82, 2.24) is 4.98 Å². The second-order valence-corrected chi connectivity index (χ2v) is 3.03. The molecule has 0 bridgehead atoms. The molecular formula is C10H5ClN2O. The van der Waals surface area contributed by atoms with Gasteiger partial charge in [-0.05, 0) is 12.1 Å². The van der Waals surface area contributed by atoms with Crippen LogP contribution < -0.4 is 0 Å². The van der Waals surface area contributed by atoms with Crippen LogP contribution >= 0.6 is 11.6 Å². The first-order valence-electron chi connectivity index (χ1n) is 3.92. The number of hydrogen-bond donors (Lipinski definition) is 0. The molecule has 14 heavy (non-hydrogen) atoms. The highest BCUT2D eigenvalue weighted by molar-refractivity contribution is 6.33. The van der Waals surface area contributed by atoms with Gasteiger partial charge in [0.25, 0.3) is 0 Å². The lowest BCUT2D eigenvalue weighted by Crippen LogP contribution is -1.77. The number of nitriles is 1. The van der Waals surface area contributed by atoms with E-state index in [0.717, 1.165) is 0 Å². The molecule has 2 aromatic rings. The van der Waals surface area contributed by atoms with Crippen LogP contribution in [0.1, 0.15) is 5.76 Å². The van der Waals surface area contributed by atoms with Crippen molar-refractivity contribution in [1.29, 1.82) is 5.26 Å². The van der Waals surface area contributed by atoms with Crippen LogP contribution in [0.4, 0.5) is 0 Å². The van der Waals surface area contributed by atoms with Gasteiger partial charge in [-0.15, -0.1) is 0 Å². The molecule has 0 spiro atoms. The highest BCUT2D eigenvalue weighted by atomic mass is 35.5. The Morgan fingerprint density at radius 3 is 2.79 bits per heavy atom. The van der Waals surface area contributed by atoms with Gasteiger partial charge < -0.3 is 4.42 Å². The van der Waals surface area contributed by atoms with Crippen molar-refractivity contribution < 1.29 is 4.42 Å². The summed E-state index contributed by atoms with van der Waals surface area (Å²) in [5.74, 6) is 0.548. The lowest BCUT2D eigenvalue weighted by atomic mass is 10.2. The highest BCUT2D eigenvalue weighted by Gasteiger charge is 2.08. The summed E-state index contributed by atoms with van der Waals surface area (Å²) < 4.78 is 5.14. The first-order chi connectivity index (χ1) is 6.81. The molecule has 0 saturated heterocycles. The van der Waals surface area contributed by atoms with Gasteiger partial charge in [0.15, 0.2) is 0 Å². The zero-order valence-electron chi connectivity index (χ0n) is 7.07. The Hall–Kier alpha value is -1.79. The molecule has 68 valence electrons. The minimum absolute atomic E-state index is 0.180. The summed E-state index contributed by atoms with van der Waals surface area (Å²) in [7, 11) is 0.